The summed E-state index contributed by atoms with van der Waals surface area (Å²) < 4.78 is 39.7. The summed E-state index contributed by atoms with van der Waals surface area (Å²) in [4.78, 5) is 16.8. The molecule has 25 heavy (non-hydrogen) atoms. The number of nitrogens with zero attached hydrogens (tertiary/aromatic N) is 2. The molecule has 0 saturated heterocycles. The number of anilines is 1. The number of halogens is 3. The Kier molecular flexibility index (Phi) is 5.18. The van der Waals surface area contributed by atoms with Gasteiger partial charge in [-0.25, -0.2) is 4.98 Å². The zero-order valence-corrected chi connectivity index (χ0v) is 14.3. The van der Waals surface area contributed by atoms with Gasteiger partial charge in [-0.1, -0.05) is 12.8 Å². The fourth-order valence-electron chi connectivity index (χ4n) is 3.63. The maximum absolute atomic E-state index is 13.2. The van der Waals surface area contributed by atoms with E-state index in [0.29, 0.717) is 35.7 Å². The molecule has 3 rings (SSSR count). The van der Waals surface area contributed by atoms with Gasteiger partial charge >= 0.3 is 6.18 Å². The van der Waals surface area contributed by atoms with Crippen LogP contribution >= 0.6 is 11.3 Å². The third-order valence-electron chi connectivity index (χ3n) is 5.08. The van der Waals surface area contributed by atoms with Crippen molar-refractivity contribution in [2.45, 2.75) is 56.7 Å². The fourth-order valence-corrected chi connectivity index (χ4v) is 4.65. The molecule has 0 bridgehead atoms. The Morgan fingerprint density at radius 3 is 2.72 bits per heavy atom. The second-order valence-corrected chi connectivity index (χ2v) is 7.78. The molecule has 2 aliphatic rings. The molecule has 5 nitrogen and oxygen atoms in total. The van der Waals surface area contributed by atoms with E-state index in [1.54, 1.807) is 0 Å². The van der Waals surface area contributed by atoms with Crippen LogP contribution < -0.4 is 10.6 Å². The summed E-state index contributed by atoms with van der Waals surface area (Å²) in [6.07, 6.45) is 2.32. The molecule has 2 N–H and O–H groups in total. The summed E-state index contributed by atoms with van der Waals surface area (Å²) in [5.74, 6) is -2.26. The second kappa shape index (κ2) is 7.20. The number of aromatic nitrogens is 1. The summed E-state index contributed by atoms with van der Waals surface area (Å²) >= 11 is 1.14. The van der Waals surface area contributed by atoms with Gasteiger partial charge in [0.25, 0.3) is 0 Å². The molecule has 0 unspecified atom stereocenters. The normalized spacial score (nSPS) is 29.4. The van der Waals surface area contributed by atoms with Crippen molar-refractivity contribution in [2.24, 2.45) is 11.8 Å². The van der Waals surface area contributed by atoms with Gasteiger partial charge in [0.05, 0.1) is 5.92 Å². The molecule has 0 aromatic carbocycles. The van der Waals surface area contributed by atoms with E-state index in [-0.39, 0.29) is 24.3 Å². The number of alkyl halides is 3. The molecular formula is C16H19F3N4OS. The van der Waals surface area contributed by atoms with Crippen molar-refractivity contribution < 1.29 is 18.0 Å². The van der Waals surface area contributed by atoms with Crippen molar-refractivity contribution in [3.63, 3.8) is 0 Å². The summed E-state index contributed by atoms with van der Waals surface area (Å²) in [5.41, 5.74) is 0. The minimum atomic E-state index is -4.20. The van der Waals surface area contributed by atoms with Crippen LogP contribution in [-0.4, -0.2) is 23.1 Å². The molecule has 136 valence electrons. The van der Waals surface area contributed by atoms with Gasteiger partial charge in [0.1, 0.15) is 0 Å². The molecule has 0 radical (unpaired) electrons. The average molecular weight is 372 g/mol. The van der Waals surface area contributed by atoms with Crippen LogP contribution in [0.2, 0.25) is 0 Å². The van der Waals surface area contributed by atoms with Crippen LogP contribution in [0, 0.1) is 23.3 Å². The van der Waals surface area contributed by atoms with E-state index < -0.39 is 18.0 Å². The number of hydrogen-bond acceptors (Lipinski definition) is 5. The predicted octanol–water partition coefficient (Wildman–Crippen LogP) is 3.77. The predicted molar refractivity (Wildman–Crippen MR) is 86.8 cm³/mol. The SMILES string of the molecule is N#CN[C@H]1C[C@H](C(=O)Nc2ncc([C@H]3CCCC[C@H]3C(F)(F)F)s2)C1. The smallest absolute Gasteiger partial charge is 0.321 e. The summed E-state index contributed by atoms with van der Waals surface area (Å²) in [7, 11) is 0. The molecule has 1 amide bonds. The summed E-state index contributed by atoms with van der Waals surface area (Å²) in [5, 5.41) is 14.2. The zero-order valence-electron chi connectivity index (χ0n) is 13.5. The number of nitrogens with one attached hydrogen (secondary N) is 2. The standard InChI is InChI=1S/C16H19F3N4OS/c17-16(18,19)12-4-2-1-3-11(12)13-7-21-15(25-13)23-14(24)9-5-10(6-9)22-8-20/h7,9-12,22H,1-6H2,(H,21,23,24)/t9-,10-,11-,12+/m0/s1. The van der Waals surface area contributed by atoms with E-state index in [2.05, 4.69) is 15.6 Å². The number of thiazole rings is 1. The van der Waals surface area contributed by atoms with Gasteiger partial charge in [0, 0.05) is 29.0 Å². The lowest BCUT2D eigenvalue weighted by molar-refractivity contribution is -0.187. The summed E-state index contributed by atoms with van der Waals surface area (Å²) in [6, 6.07) is 0.0300. The number of amides is 1. The van der Waals surface area contributed by atoms with Gasteiger partial charge < -0.3 is 10.6 Å². The number of nitriles is 1. The van der Waals surface area contributed by atoms with Gasteiger partial charge in [-0.2, -0.15) is 18.4 Å². The third kappa shape index (κ3) is 4.06. The van der Waals surface area contributed by atoms with Crippen molar-refractivity contribution in [1.29, 1.82) is 5.26 Å². The average Bonchev–Trinajstić information content (AvgIpc) is 2.98. The number of carbonyl (C=O) groups is 1. The fraction of sp³-hybridized carbons (Fsp3) is 0.688. The lowest BCUT2D eigenvalue weighted by Gasteiger charge is -2.32. The lowest BCUT2D eigenvalue weighted by atomic mass is 9.78. The van der Waals surface area contributed by atoms with Gasteiger partial charge in [0.15, 0.2) is 11.3 Å². The van der Waals surface area contributed by atoms with Crippen molar-refractivity contribution in [2.75, 3.05) is 5.32 Å². The highest BCUT2D eigenvalue weighted by Gasteiger charge is 2.46. The van der Waals surface area contributed by atoms with E-state index in [4.69, 9.17) is 5.26 Å². The number of hydrogen-bond donors (Lipinski definition) is 2. The molecule has 2 atom stereocenters. The van der Waals surface area contributed by atoms with Gasteiger partial charge in [-0.3, -0.25) is 4.79 Å². The topological polar surface area (TPSA) is 77.8 Å². The Bertz CT molecular complexity index is 663. The van der Waals surface area contributed by atoms with E-state index in [0.717, 1.165) is 17.8 Å². The Hall–Kier alpha value is -1.82. The van der Waals surface area contributed by atoms with Crippen LogP contribution in [0.15, 0.2) is 6.20 Å². The first-order valence-corrected chi connectivity index (χ1v) is 9.18. The number of rotatable bonds is 4. The van der Waals surface area contributed by atoms with Crippen LogP contribution in [0.5, 0.6) is 0 Å². The first kappa shape index (κ1) is 18.0. The molecule has 0 aliphatic heterocycles. The van der Waals surface area contributed by atoms with Crippen LogP contribution in [0.25, 0.3) is 0 Å². The van der Waals surface area contributed by atoms with Gasteiger partial charge in [0.2, 0.25) is 5.91 Å². The molecule has 2 saturated carbocycles. The molecule has 9 heteroatoms. The van der Waals surface area contributed by atoms with Crippen LogP contribution in [0.1, 0.15) is 49.3 Å². The first-order chi connectivity index (χ1) is 11.9. The Labute approximate surface area is 147 Å². The lowest BCUT2D eigenvalue weighted by Crippen LogP contribution is -2.44. The third-order valence-corrected chi connectivity index (χ3v) is 6.13. The van der Waals surface area contributed by atoms with Crippen LogP contribution in [0.4, 0.5) is 18.3 Å². The van der Waals surface area contributed by atoms with Crippen molar-refractivity contribution in [3.05, 3.63) is 11.1 Å². The Morgan fingerprint density at radius 2 is 2.04 bits per heavy atom. The molecule has 2 aliphatic carbocycles. The molecule has 1 aromatic rings. The van der Waals surface area contributed by atoms with Crippen LogP contribution in [-0.2, 0) is 4.79 Å². The van der Waals surface area contributed by atoms with Crippen molar-refractivity contribution in [3.8, 4) is 6.19 Å². The Morgan fingerprint density at radius 1 is 1.32 bits per heavy atom. The molecule has 1 heterocycles. The highest BCUT2D eigenvalue weighted by molar-refractivity contribution is 7.15. The highest BCUT2D eigenvalue weighted by atomic mass is 32.1. The van der Waals surface area contributed by atoms with Gasteiger partial charge in [-0.15, -0.1) is 11.3 Å². The van der Waals surface area contributed by atoms with Crippen molar-refractivity contribution in [1.82, 2.24) is 10.3 Å². The Balaban J connectivity index is 1.60. The molecular weight excluding hydrogens is 353 g/mol. The van der Waals surface area contributed by atoms with Crippen molar-refractivity contribution >= 4 is 22.4 Å². The molecule has 0 spiro atoms. The second-order valence-electron chi connectivity index (χ2n) is 6.72. The quantitative estimate of drug-likeness (QED) is 0.623. The number of carbonyl (C=O) groups excluding carboxylic acids is 1. The van der Waals surface area contributed by atoms with Crippen LogP contribution in [0.3, 0.4) is 0 Å². The highest BCUT2D eigenvalue weighted by Crippen LogP contribution is 2.48. The maximum Gasteiger partial charge on any atom is 0.392 e. The van der Waals surface area contributed by atoms with E-state index >= 15 is 0 Å². The van der Waals surface area contributed by atoms with E-state index in [1.807, 2.05) is 6.19 Å². The van der Waals surface area contributed by atoms with E-state index in [9.17, 15) is 18.0 Å². The zero-order chi connectivity index (χ0) is 18.0. The minimum Gasteiger partial charge on any atom is -0.321 e. The van der Waals surface area contributed by atoms with Gasteiger partial charge in [-0.05, 0) is 25.7 Å². The summed E-state index contributed by atoms with van der Waals surface area (Å²) in [6.45, 7) is 0. The molecule has 2 fully saturated rings. The first-order valence-electron chi connectivity index (χ1n) is 8.36. The van der Waals surface area contributed by atoms with E-state index in [1.165, 1.54) is 6.20 Å². The largest absolute Gasteiger partial charge is 0.392 e. The minimum absolute atomic E-state index is 0.0300. The monoisotopic (exact) mass is 372 g/mol. The molecule has 1 aromatic heterocycles. The maximum atomic E-state index is 13.2.